The first-order chi connectivity index (χ1) is 11.2. The molecule has 1 fully saturated rings. The van der Waals surface area contributed by atoms with Gasteiger partial charge >= 0.3 is 0 Å². The lowest BCUT2D eigenvalue weighted by molar-refractivity contribution is -0.129. The summed E-state index contributed by atoms with van der Waals surface area (Å²) >= 11 is 1.47. The summed E-state index contributed by atoms with van der Waals surface area (Å²) in [6, 6.07) is 12.1. The second kappa shape index (κ2) is 7.59. The maximum Gasteiger partial charge on any atom is 0.232 e. The number of aryl methyl sites for hydroxylation is 1. The topological polar surface area (TPSA) is 46.1 Å². The molecule has 2 heterocycles. The highest BCUT2D eigenvalue weighted by Gasteiger charge is 2.16. The molecule has 0 atom stereocenters. The summed E-state index contributed by atoms with van der Waals surface area (Å²) in [5.74, 6) is 0.651. The number of nitrogens with zero attached hydrogens (tertiary/aromatic N) is 3. The molecule has 23 heavy (non-hydrogen) atoms. The van der Waals surface area contributed by atoms with Gasteiger partial charge in [0.2, 0.25) is 5.91 Å². The highest BCUT2D eigenvalue weighted by molar-refractivity contribution is 7.99. The summed E-state index contributed by atoms with van der Waals surface area (Å²) in [4.78, 5) is 14.1. The summed E-state index contributed by atoms with van der Waals surface area (Å²) in [5, 5.41) is 9.36. The van der Waals surface area contributed by atoms with Crippen LogP contribution in [0.2, 0.25) is 0 Å². The van der Waals surface area contributed by atoms with Gasteiger partial charge in [-0.2, -0.15) is 0 Å². The maximum absolute atomic E-state index is 12.2. The number of hydrogen-bond donors (Lipinski definition) is 0. The standard InChI is InChI=1S/C18H21N3OS/c1-14-7-3-4-8-15(14)16-9-10-17(20-19-16)23-13-18(22)21-11-5-2-6-12-21/h3-4,7-10H,2,5-6,11-13H2,1H3. The predicted octanol–water partition coefficient (Wildman–Crippen LogP) is 3.56. The largest absolute Gasteiger partial charge is 0.342 e. The Morgan fingerprint density at radius 1 is 1.09 bits per heavy atom. The number of piperidine rings is 1. The number of likely N-dealkylation sites (tertiary alicyclic amines) is 1. The van der Waals surface area contributed by atoms with Crippen molar-refractivity contribution in [2.75, 3.05) is 18.8 Å². The lowest BCUT2D eigenvalue weighted by atomic mass is 10.1. The molecule has 1 aromatic carbocycles. The number of hydrogen-bond acceptors (Lipinski definition) is 4. The van der Waals surface area contributed by atoms with Crippen molar-refractivity contribution in [2.24, 2.45) is 0 Å². The lowest BCUT2D eigenvalue weighted by Crippen LogP contribution is -2.36. The van der Waals surface area contributed by atoms with Crippen molar-refractivity contribution in [2.45, 2.75) is 31.2 Å². The van der Waals surface area contributed by atoms with Crippen LogP contribution in [-0.2, 0) is 4.79 Å². The fourth-order valence-electron chi connectivity index (χ4n) is 2.77. The molecule has 5 heteroatoms. The van der Waals surface area contributed by atoms with Gasteiger partial charge in [0.05, 0.1) is 11.4 Å². The molecule has 0 spiro atoms. The quantitative estimate of drug-likeness (QED) is 0.806. The van der Waals surface area contributed by atoms with E-state index in [1.54, 1.807) is 0 Å². The molecular formula is C18H21N3OS. The summed E-state index contributed by atoms with van der Waals surface area (Å²) in [7, 11) is 0. The zero-order valence-corrected chi connectivity index (χ0v) is 14.2. The van der Waals surface area contributed by atoms with Gasteiger partial charge in [-0.05, 0) is 43.9 Å². The van der Waals surface area contributed by atoms with Gasteiger partial charge in [-0.25, -0.2) is 0 Å². The Bertz CT molecular complexity index is 666. The lowest BCUT2D eigenvalue weighted by Gasteiger charge is -2.26. The van der Waals surface area contributed by atoms with Crippen molar-refractivity contribution in [3.8, 4) is 11.3 Å². The molecule has 0 unspecified atom stereocenters. The Balaban J connectivity index is 1.59. The third kappa shape index (κ3) is 4.10. The second-order valence-corrected chi connectivity index (χ2v) is 6.80. The van der Waals surface area contributed by atoms with E-state index < -0.39 is 0 Å². The van der Waals surface area contributed by atoms with Gasteiger partial charge in [-0.3, -0.25) is 4.79 Å². The molecule has 0 radical (unpaired) electrons. The van der Waals surface area contributed by atoms with E-state index in [1.807, 2.05) is 35.2 Å². The van der Waals surface area contributed by atoms with E-state index in [1.165, 1.54) is 23.7 Å². The number of rotatable bonds is 4. The summed E-state index contributed by atoms with van der Waals surface area (Å²) in [6.07, 6.45) is 3.49. The SMILES string of the molecule is Cc1ccccc1-c1ccc(SCC(=O)N2CCCCC2)nn1. The molecule has 1 aromatic heterocycles. The summed E-state index contributed by atoms with van der Waals surface area (Å²) in [5.41, 5.74) is 3.15. The van der Waals surface area contributed by atoms with Crippen molar-refractivity contribution in [1.82, 2.24) is 15.1 Å². The van der Waals surface area contributed by atoms with E-state index in [9.17, 15) is 4.79 Å². The number of amides is 1. The van der Waals surface area contributed by atoms with E-state index in [0.717, 1.165) is 42.2 Å². The molecular weight excluding hydrogens is 306 g/mol. The van der Waals surface area contributed by atoms with Gasteiger partial charge in [0.25, 0.3) is 0 Å². The fraction of sp³-hybridized carbons (Fsp3) is 0.389. The van der Waals surface area contributed by atoms with Crippen LogP contribution in [0.25, 0.3) is 11.3 Å². The Labute approximate surface area is 141 Å². The molecule has 1 saturated heterocycles. The normalized spacial score (nSPS) is 14.7. The van der Waals surface area contributed by atoms with Crippen LogP contribution in [0.1, 0.15) is 24.8 Å². The molecule has 4 nitrogen and oxygen atoms in total. The third-order valence-electron chi connectivity index (χ3n) is 4.11. The number of carbonyl (C=O) groups excluding carboxylic acids is 1. The average Bonchev–Trinajstić information content (AvgIpc) is 2.61. The van der Waals surface area contributed by atoms with Crippen molar-refractivity contribution >= 4 is 17.7 Å². The van der Waals surface area contributed by atoms with Gasteiger partial charge in [0.15, 0.2) is 0 Å². The first-order valence-corrected chi connectivity index (χ1v) is 9.03. The van der Waals surface area contributed by atoms with Crippen molar-refractivity contribution in [1.29, 1.82) is 0 Å². The van der Waals surface area contributed by atoms with Gasteiger partial charge in [0.1, 0.15) is 5.03 Å². The minimum absolute atomic E-state index is 0.208. The smallest absolute Gasteiger partial charge is 0.232 e. The van der Waals surface area contributed by atoms with Crippen LogP contribution < -0.4 is 0 Å². The molecule has 1 amide bonds. The summed E-state index contributed by atoms with van der Waals surface area (Å²) < 4.78 is 0. The highest BCUT2D eigenvalue weighted by atomic mass is 32.2. The van der Waals surface area contributed by atoms with E-state index >= 15 is 0 Å². The molecule has 0 saturated carbocycles. The van der Waals surface area contributed by atoms with Crippen LogP contribution in [0.15, 0.2) is 41.4 Å². The maximum atomic E-state index is 12.2. The third-order valence-corrected chi connectivity index (χ3v) is 5.02. The fourth-order valence-corrected chi connectivity index (χ4v) is 3.49. The van der Waals surface area contributed by atoms with Crippen LogP contribution in [0.3, 0.4) is 0 Å². The molecule has 1 aliphatic heterocycles. The average molecular weight is 327 g/mol. The van der Waals surface area contributed by atoms with Gasteiger partial charge in [-0.15, -0.1) is 10.2 Å². The van der Waals surface area contributed by atoms with Gasteiger partial charge < -0.3 is 4.90 Å². The number of carbonyl (C=O) groups is 1. The second-order valence-electron chi connectivity index (χ2n) is 5.80. The number of benzene rings is 1. The van der Waals surface area contributed by atoms with E-state index in [-0.39, 0.29) is 5.91 Å². The highest BCUT2D eigenvalue weighted by Crippen LogP contribution is 2.23. The molecule has 120 valence electrons. The zero-order chi connectivity index (χ0) is 16.1. The Kier molecular flexibility index (Phi) is 5.28. The Hall–Kier alpha value is -1.88. The molecule has 0 N–H and O–H groups in total. The number of aromatic nitrogens is 2. The zero-order valence-electron chi connectivity index (χ0n) is 13.4. The van der Waals surface area contributed by atoms with Gasteiger partial charge in [0, 0.05) is 18.7 Å². The van der Waals surface area contributed by atoms with Crippen LogP contribution in [0, 0.1) is 6.92 Å². The molecule has 0 bridgehead atoms. The summed E-state index contributed by atoms with van der Waals surface area (Å²) in [6.45, 7) is 3.87. The monoisotopic (exact) mass is 327 g/mol. The molecule has 0 aliphatic carbocycles. The predicted molar refractivity (Wildman–Crippen MR) is 93.4 cm³/mol. The van der Waals surface area contributed by atoms with Gasteiger partial charge in [-0.1, -0.05) is 36.0 Å². The van der Waals surface area contributed by atoms with Crippen LogP contribution in [-0.4, -0.2) is 39.8 Å². The van der Waals surface area contributed by atoms with Crippen molar-refractivity contribution < 1.29 is 4.79 Å². The Morgan fingerprint density at radius 3 is 2.57 bits per heavy atom. The van der Waals surface area contributed by atoms with E-state index in [2.05, 4.69) is 23.2 Å². The van der Waals surface area contributed by atoms with Crippen LogP contribution in [0.5, 0.6) is 0 Å². The van der Waals surface area contributed by atoms with Crippen LogP contribution in [0.4, 0.5) is 0 Å². The van der Waals surface area contributed by atoms with Crippen LogP contribution >= 0.6 is 11.8 Å². The molecule has 3 rings (SSSR count). The van der Waals surface area contributed by atoms with Crippen molar-refractivity contribution in [3.63, 3.8) is 0 Å². The molecule has 1 aliphatic rings. The molecule has 2 aromatic rings. The Morgan fingerprint density at radius 2 is 1.87 bits per heavy atom. The number of thioether (sulfide) groups is 1. The first kappa shape index (κ1) is 16.0. The first-order valence-electron chi connectivity index (χ1n) is 8.04. The minimum atomic E-state index is 0.208. The van der Waals surface area contributed by atoms with E-state index in [0.29, 0.717) is 5.75 Å². The van der Waals surface area contributed by atoms with E-state index in [4.69, 9.17) is 0 Å². The van der Waals surface area contributed by atoms with Crippen molar-refractivity contribution in [3.05, 3.63) is 42.0 Å². The minimum Gasteiger partial charge on any atom is -0.342 e.